The average Bonchev–Trinajstić information content (AvgIpc) is 2.19. The molecule has 0 amide bonds. The largest absolute Gasteiger partial charge is 0.494 e. The van der Waals surface area contributed by atoms with Crippen LogP contribution in [0.25, 0.3) is 0 Å². The van der Waals surface area contributed by atoms with Crippen LogP contribution >= 0.6 is 0 Å². The lowest BCUT2D eigenvalue weighted by molar-refractivity contribution is -0.107. The van der Waals surface area contributed by atoms with Gasteiger partial charge < -0.3 is 14.6 Å². The number of aldehydes is 1. The normalized spacial score (nSPS) is 15.8. The van der Waals surface area contributed by atoms with Gasteiger partial charge >= 0.3 is 0 Å². The summed E-state index contributed by atoms with van der Waals surface area (Å²) in [6.45, 7) is 0.686. The fourth-order valence-electron chi connectivity index (χ4n) is 1.36. The molecule has 1 aliphatic carbocycles. The van der Waals surface area contributed by atoms with Crippen molar-refractivity contribution in [3.8, 4) is 0 Å². The SMILES string of the molecule is O=CCC1=CC(OCCCO)=CCC1. The van der Waals surface area contributed by atoms with Gasteiger partial charge in [0, 0.05) is 19.4 Å². The molecule has 0 bridgehead atoms. The number of ether oxygens (including phenoxy) is 1. The smallest absolute Gasteiger partial charge is 0.124 e. The van der Waals surface area contributed by atoms with E-state index < -0.39 is 0 Å². The quantitative estimate of drug-likeness (QED) is 0.518. The molecule has 78 valence electrons. The van der Waals surface area contributed by atoms with Crippen molar-refractivity contribution in [2.45, 2.75) is 25.7 Å². The first-order valence-electron chi connectivity index (χ1n) is 4.93. The molecule has 0 saturated heterocycles. The Bertz CT molecular complexity index is 241. The van der Waals surface area contributed by atoms with E-state index in [1.807, 2.05) is 12.2 Å². The number of hydrogen-bond donors (Lipinski definition) is 1. The Morgan fingerprint density at radius 1 is 1.57 bits per heavy atom. The molecule has 0 aliphatic heterocycles. The van der Waals surface area contributed by atoms with E-state index in [1.165, 1.54) is 0 Å². The Hall–Kier alpha value is -1.09. The molecule has 1 aliphatic rings. The summed E-state index contributed by atoms with van der Waals surface area (Å²) in [5, 5.41) is 8.57. The fourth-order valence-corrected chi connectivity index (χ4v) is 1.36. The van der Waals surface area contributed by atoms with Gasteiger partial charge in [-0.05, 0) is 25.0 Å². The Morgan fingerprint density at radius 3 is 3.14 bits per heavy atom. The van der Waals surface area contributed by atoms with Gasteiger partial charge in [-0.15, -0.1) is 0 Å². The topological polar surface area (TPSA) is 46.5 Å². The van der Waals surface area contributed by atoms with Crippen molar-refractivity contribution < 1.29 is 14.6 Å². The van der Waals surface area contributed by atoms with E-state index in [1.54, 1.807) is 0 Å². The zero-order valence-corrected chi connectivity index (χ0v) is 8.24. The molecule has 0 aromatic rings. The summed E-state index contributed by atoms with van der Waals surface area (Å²) in [5.41, 5.74) is 1.13. The van der Waals surface area contributed by atoms with Crippen LogP contribution < -0.4 is 0 Å². The summed E-state index contributed by atoms with van der Waals surface area (Å²) in [6.07, 6.45) is 7.90. The summed E-state index contributed by atoms with van der Waals surface area (Å²) in [4.78, 5) is 10.3. The van der Waals surface area contributed by atoms with Gasteiger partial charge in [0.25, 0.3) is 0 Å². The highest BCUT2D eigenvalue weighted by Crippen LogP contribution is 2.19. The highest BCUT2D eigenvalue weighted by Gasteiger charge is 2.05. The van der Waals surface area contributed by atoms with E-state index >= 15 is 0 Å². The summed E-state index contributed by atoms with van der Waals surface area (Å²) in [5.74, 6) is 0.835. The third-order valence-corrected chi connectivity index (χ3v) is 2.07. The second-order valence-corrected chi connectivity index (χ2v) is 3.24. The number of carbonyl (C=O) groups excluding carboxylic acids is 1. The first-order chi connectivity index (χ1) is 6.86. The second kappa shape index (κ2) is 6.38. The first kappa shape index (κ1) is 11.0. The molecule has 3 heteroatoms. The Kier molecular flexibility index (Phi) is 5.00. The molecule has 0 radical (unpaired) electrons. The van der Waals surface area contributed by atoms with Crippen LogP contribution in [0.4, 0.5) is 0 Å². The third-order valence-electron chi connectivity index (χ3n) is 2.07. The van der Waals surface area contributed by atoms with Crippen molar-refractivity contribution >= 4 is 6.29 Å². The van der Waals surface area contributed by atoms with E-state index in [9.17, 15) is 4.79 Å². The van der Waals surface area contributed by atoms with Crippen LogP contribution in [0, 0.1) is 0 Å². The van der Waals surface area contributed by atoms with E-state index in [-0.39, 0.29) is 6.61 Å². The zero-order valence-electron chi connectivity index (χ0n) is 8.24. The van der Waals surface area contributed by atoms with E-state index in [4.69, 9.17) is 9.84 Å². The van der Waals surface area contributed by atoms with Gasteiger partial charge in [0.2, 0.25) is 0 Å². The summed E-state index contributed by atoms with van der Waals surface area (Å²) < 4.78 is 5.41. The van der Waals surface area contributed by atoms with Gasteiger partial charge in [0.1, 0.15) is 12.0 Å². The molecule has 0 atom stereocenters. The van der Waals surface area contributed by atoms with Crippen molar-refractivity contribution in [1.82, 2.24) is 0 Å². The van der Waals surface area contributed by atoms with Crippen molar-refractivity contribution in [3.05, 3.63) is 23.5 Å². The van der Waals surface area contributed by atoms with Crippen molar-refractivity contribution in [2.75, 3.05) is 13.2 Å². The summed E-state index contributed by atoms with van der Waals surface area (Å²) in [6, 6.07) is 0. The molecular formula is C11H16O3. The van der Waals surface area contributed by atoms with Crippen LogP contribution in [0.3, 0.4) is 0 Å². The van der Waals surface area contributed by atoms with Crippen LogP contribution in [-0.2, 0) is 9.53 Å². The van der Waals surface area contributed by atoms with Gasteiger partial charge in [-0.1, -0.05) is 5.57 Å². The van der Waals surface area contributed by atoms with Gasteiger partial charge in [0.15, 0.2) is 0 Å². The van der Waals surface area contributed by atoms with Crippen LogP contribution in [0.15, 0.2) is 23.5 Å². The summed E-state index contributed by atoms with van der Waals surface area (Å²) in [7, 11) is 0. The highest BCUT2D eigenvalue weighted by molar-refractivity contribution is 5.55. The van der Waals surface area contributed by atoms with Crippen LogP contribution in [0.1, 0.15) is 25.7 Å². The molecule has 1 rings (SSSR count). The second-order valence-electron chi connectivity index (χ2n) is 3.24. The molecule has 0 spiro atoms. The Morgan fingerprint density at radius 2 is 2.43 bits per heavy atom. The molecule has 0 aromatic heterocycles. The lowest BCUT2D eigenvalue weighted by Gasteiger charge is -2.13. The zero-order chi connectivity index (χ0) is 10.2. The minimum atomic E-state index is 0.151. The third kappa shape index (κ3) is 3.75. The number of carbonyl (C=O) groups is 1. The molecule has 0 saturated carbocycles. The highest BCUT2D eigenvalue weighted by atomic mass is 16.5. The van der Waals surface area contributed by atoms with E-state index in [2.05, 4.69) is 0 Å². The number of hydrogen-bond acceptors (Lipinski definition) is 3. The molecule has 0 fully saturated rings. The van der Waals surface area contributed by atoms with Crippen LogP contribution in [-0.4, -0.2) is 24.6 Å². The standard InChI is InChI=1S/C11H16O3/c12-6-2-8-14-11-4-1-3-10(9-11)5-7-13/h4,7,9,12H,1-3,5-6,8H2. The van der Waals surface area contributed by atoms with Crippen molar-refractivity contribution in [2.24, 2.45) is 0 Å². The molecular weight excluding hydrogens is 180 g/mol. The average molecular weight is 196 g/mol. The first-order valence-corrected chi connectivity index (χ1v) is 4.93. The number of rotatable bonds is 6. The van der Waals surface area contributed by atoms with Gasteiger partial charge in [-0.2, -0.15) is 0 Å². The van der Waals surface area contributed by atoms with E-state index in [0.29, 0.717) is 19.4 Å². The van der Waals surface area contributed by atoms with Crippen molar-refractivity contribution in [1.29, 1.82) is 0 Å². The molecule has 0 aromatic carbocycles. The predicted molar refractivity (Wildman–Crippen MR) is 53.7 cm³/mol. The van der Waals surface area contributed by atoms with Gasteiger partial charge in [-0.3, -0.25) is 0 Å². The van der Waals surface area contributed by atoms with Crippen molar-refractivity contribution in [3.63, 3.8) is 0 Å². The number of aliphatic hydroxyl groups excluding tert-OH is 1. The molecule has 3 nitrogen and oxygen atoms in total. The van der Waals surface area contributed by atoms with E-state index in [0.717, 1.165) is 30.5 Å². The molecule has 0 unspecified atom stereocenters. The minimum absolute atomic E-state index is 0.151. The Balaban J connectivity index is 2.37. The number of allylic oxidation sites excluding steroid dienone is 3. The lowest BCUT2D eigenvalue weighted by atomic mass is 10.0. The van der Waals surface area contributed by atoms with Gasteiger partial charge in [-0.25, -0.2) is 0 Å². The maximum absolute atomic E-state index is 10.3. The lowest BCUT2D eigenvalue weighted by Crippen LogP contribution is -2.00. The maximum atomic E-state index is 10.3. The molecule has 1 N–H and O–H groups in total. The molecule has 14 heavy (non-hydrogen) atoms. The minimum Gasteiger partial charge on any atom is -0.494 e. The molecule has 0 heterocycles. The number of aliphatic hydroxyl groups is 1. The van der Waals surface area contributed by atoms with Crippen LogP contribution in [0.2, 0.25) is 0 Å². The fraction of sp³-hybridized carbons (Fsp3) is 0.545. The predicted octanol–water partition coefficient (Wildman–Crippen LogP) is 1.58. The monoisotopic (exact) mass is 196 g/mol. The Labute approximate surface area is 84.1 Å². The van der Waals surface area contributed by atoms with Crippen LogP contribution in [0.5, 0.6) is 0 Å². The van der Waals surface area contributed by atoms with Gasteiger partial charge in [0.05, 0.1) is 6.61 Å². The maximum Gasteiger partial charge on any atom is 0.124 e. The summed E-state index contributed by atoms with van der Waals surface area (Å²) >= 11 is 0.